The number of aryl methyl sites for hydroxylation is 1. The van der Waals surface area contributed by atoms with Crippen LogP contribution in [0.25, 0.3) is 10.9 Å². The third kappa shape index (κ3) is 3.97. The van der Waals surface area contributed by atoms with Gasteiger partial charge in [0.2, 0.25) is 5.88 Å². The molecule has 0 unspecified atom stereocenters. The third-order valence-corrected chi connectivity index (χ3v) is 6.54. The zero-order chi connectivity index (χ0) is 22.0. The zero-order valence-electron chi connectivity index (χ0n) is 17.5. The van der Waals surface area contributed by atoms with Crippen LogP contribution in [0.5, 0.6) is 5.88 Å². The largest absolute Gasteiger partial charge is 0.480 e. The molecule has 0 spiro atoms. The Morgan fingerprint density at radius 1 is 1.16 bits per heavy atom. The van der Waals surface area contributed by atoms with Crippen LogP contribution in [0.1, 0.15) is 11.3 Å². The second kappa shape index (κ2) is 8.37. The van der Waals surface area contributed by atoms with Crippen molar-refractivity contribution in [2.24, 2.45) is 0 Å². The molecule has 0 bridgehead atoms. The number of rotatable bonds is 7. The van der Waals surface area contributed by atoms with Crippen LogP contribution in [0.4, 0.5) is 11.4 Å². The molecule has 8 nitrogen and oxygen atoms in total. The van der Waals surface area contributed by atoms with E-state index < -0.39 is 10.0 Å². The molecule has 0 amide bonds. The molecule has 0 atom stereocenters. The zero-order valence-corrected chi connectivity index (χ0v) is 18.3. The Balaban J connectivity index is 1.84. The minimum atomic E-state index is -3.81. The Kier molecular flexibility index (Phi) is 5.62. The lowest BCUT2D eigenvalue weighted by Crippen LogP contribution is -2.12. The second-order valence-corrected chi connectivity index (χ2v) is 8.86. The molecular formula is C22H23N5O3S. The molecule has 160 valence electrons. The Morgan fingerprint density at radius 2 is 2.00 bits per heavy atom. The summed E-state index contributed by atoms with van der Waals surface area (Å²) in [6.07, 6.45) is 4.55. The predicted octanol–water partition coefficient (Wildman–Crippen LogP) is 3.45. The molecule has 31 heavy (non-hydrogen) atoms. The average molecular weight is 438 g/mol. The second-order valence-electron chi connectivity index (χ2n) is 7.04. The van der Waals surface area contributed by atoms with Crippen LogP contribution in [0.2, 0.25) is 0 Å². The summed E-state index contributed by atoms with van der Waals surface area (Å²) in [4.78, 5) is 8.47. The lowest BCUT2D eigenvalue weighted by molar-refractivity contribution is 0.399. The van der Waals surface area contributed by atoms with Gasteiger partial charge in [-0.1, -0.05) is 6.07 Å². The molecule has 0 aliphatic heterocycles. The minimum Gasteiger partial charge on any atom is -0.480 e. The van der Waals surface area contributed by atoms with Crippen molar-refractivity contribution in [1.29, 1.82) is 0 Å². The first-order chi connectivity index (χ1) is 14.9. The predicted molar refractivity (Wildman–Crippen MR) is 120 cm³/mol. The van der Waals surface area contributed by atoms with Crippen molar-refractivity contribution in [3.8, 4) is 5.88 Å². The summed E-state index contributed by atoms with van der Waals surface area (Å²) in [5.41, 5.74) is 3.69. The van der Waals surface area contributed by atoms with Crippen LogP contribution >= 0.6 is 0 Å². The monoisotopic (exact) mass is 437 g/mol. The standard InChI is InChI=1S/C22H23N5O3S/c1-15-6-9-20(22(25-15)30-3)26-17-7-8-19-16(12-23-2)14-27(21(19)11-17)31(28,29)18-5-4-10-24-13-18/h4-11,13-14,23,26H,12H2,1-3H3. The Bertz CT molecular complexity index is 1330. The molecule has 4 aromatic rings. The van der Waals surface area contributed by atoms with Crippen molar-refractivity contribution >= 4 is 32.3 Å². The van der Waals surface area contributed by atoms with Gasteiger partial charge in [-0.05, 0) is 55.9 Å². The molecule has 4 rings (SSSR count). The maximum Gasteiger partial charge on any atom is 0.269 e. The molecule has 0 aliphatic rings. The maximum absolute atomic E-state index is 13.3. The summed E-state index contributed by atoms with van der Waals surface area (Å²) in [5, 5.41) is 7.22. The normalized spacial score (nSPS) is 11.6. The van der Waals surface area contributed by atoms with Gasteiger partial charge in [0.05, 0.1) is 12.6 Å². The molecule has 3 heterocycles. The SMILES string of the molecule is CNCc1cn(S(=O)(=O)c2cccnc2)c2cc(Nc3ccc(C)nc3OC)ccc12. The lowest BCUT2D eigenvalue weighted by atomic mass is 10.1. The van der Waals surface area contributed by atoms with Gasteiger partial charge < -0.3 is 15.4 Å². The van der Waals surface area contributed by atoms with E-state index in [4.69, 9.17) is 4.74 Å². The minimum absolute atomic E-state index is 0.130. The molecule has 9 heteroatoms. The van der Waals surface area contributed by atoms with Gasteiger partial charge in [0.25, 0.3) is 10.0 Å². The van der Waals surface area contributed by atoms with Crippen LogP contribution in [-0.2, 0) is 16.6 Å². The Morgan fingerprint density at radius 3 is 2.71 bits per heavy atom. The summed E-state index contributed by atoms with van der Waals surface area (Å²) < 4.78 is 33.3. The number of benzene rings is 1. The fourth-order valence-electron chi connectivity index (χ4n) is 3.43. The Hall–Kier alpha value is -3.43. The van der Waals surface area contributed by atoms with Gasteiger partial charge in [0.15, 0.2) is 0 Å². The third-order valence-electron chi connectivity index (χ3n) is 4.88. The number of hydrogen-bond acceptors (Lipinski definition) is 7. The molecule has 0 aliphatic carbocycles. The van der Waals surface area contributed by atoms with Gasteiger partial charge in [-0.15, -0.1) is 0 Å². The van der Waals surface area contributed by atoms with E-state index in [-0.39, 0.29) is 4.90 Å². The number of hydrogen-bond donors (Lipinski definition) is 2. The quantitative estimate of drug-likeness (QED) is 0.457. The van der Waals surface area contributed by atoms with Crippen LogP contribution < -0.4 is 15.4 Å². The maximum atomic E-state index is 13.3. The highest BCUT2D eigenvalue weighted by Gasteiger charge is 2.21. The smallest absolute Gasteiger partial charge is 0.269 e. The van der Waals surface area contributed by atoms with E-state index in [1.807, 2.05) is 44.3 Å². The topological polar surface area (TPSA) is 98.1 Å². The number of nitrogens with one attached hydrogen (secondary N) is 2. The number of anilines is 2. The first-order valence-corrected chi connectivity index (χ1v) is 11.1. The molecular weight excluding hydrogens is 414 g/mol. The van der Waals surface area contributed by atoms with Gasteiger partial charge in [0.1, 0.15) is 10.6 Å². The van der Waals surface area contributed by atoms with Crippen LogP contribution in [0.15, 0.2) is 66.0 Å². The van der Waals surface area contributed by atoms with Crippen molar-refractivity contribution in [2.75, 3.05) is 19.5 Å². The van der Waals surface area contributed by atoms with Crippen LogP contribution in [-0.4, -0.2) is 36.5 Å². The average Bonchev–Trinajstić information content (AvgIpc) is 3.14. The Labute approximate surface area is 181 Å². The van der Waals surface area contributed by atoms with Crippen molar-refractivity contribution in [1.82, 2.24) is 19.3 Å². The fourth-order valence-corrected chi connectivity index (χ4v) is 4.77. The van der Waals surface area contributed by atoms with E-state index in [1.54, 1.807) is 25.6 Å². The highest BCUT2D eigenvalue weighted by molar-refractivity contribution is 7.90. The number of nitrogens with zero attached hydrogens (tertiary/aromatic N) is 3. The van der Waals surface area contributed by atoms with Gasteiger partial charge in [-0.2, -0.15) is 0 Å². The van der Waals surface area contributed by atoms with E-state index >= 15 is 0 Å². The number of aromatic nitrogens is 3. The molecule has 2 N–H and O–H groups in total. The van der Waals surface area contributed by atoms with E-state index in [0.717, 1.165) is 16.6 Å². The van der Waals surface area contributed by atoms with E-state index in [0.29, 0.717) is 29.3 Å². The van der Waals surface area contributed by atoms with E-state index in [2.05, 4.69) is 20.6 Å². The van der Waals surface area contributed by atoms with Crippen LogP contribution in [0.3, 0.4) is 0 Å². The number of ether oxygens (including phenoxy) is 1. The summed E-state index contributed by atoms with van der Waals surface area (Å²) in [6, 6.07) is 12.5. The van der Waals surface area contributed by atoms with Gasteiger partial charge in [0, 0.05) is 41.9 Å². The molecule has 3 aromatic heterocycles. The summed E-state index contributed by atoms with van der Waals surface area (Å²) >= 11 is 0. The number of fused-ring (bicyclic) bond motifs is 1. The summed E-state index contributed by atoms with van der Waals surface area (Å²) in [6.45, 7) is 2.42. The molecule has 0 saturated heterocycles. The first-order valence-electron chi connectivity index (χ1n) is 9.67. The van der Waals surface area contributed by atoms with Gasteiger partial charge in [-0.3, -0.25) is 4.98 Å². The number of methoxy groups -OCH3 is 1. The van der Waals surface area contributed by atoms with Crippen molar-refractivity contribution in [3.63, 3.8) is 0 Å². The van der Waals surface area contributed by atoms with Gasteiger partial charge >= 0.3 is 0 Å². The van der Waals surface area contributed by atoms with Crippen molar-refractivity contribution in [2.45, 2.75) is 18.4 Å². The number of pyridine rings is 2. The fraction of sp³-hybridized carbons (Fsp3) is 0.182. The first kappa shape index (κ1) is 20.8. The molecule has 0 fully saturated rings. The summed E-state index contributed by atoms with van der Waals surface area (Å²) in [7, 11) is -0.423. The van der Waals surface area contributed by atoms with E-state index in [9.17, 15) is 8.42 Å². The summed E-state index contributed by atoms with van der Waals surface area (Å²) in [5.74, 6) is 0.467. The lowest BCUT2D eigenvalue weighted by Gasteiger charge is -2.12. The van der Waals surface area contributed by atoms with Crippen LogP contribution in [0, 0.1) is 6.92 Å². The molecule has 0 radical (unpaired) electrons. The molecule has 1 aromatic carbocycles. The van der Waals surface area contributed by atoms with Crippen molar-refractivity contribution < 1.29 is 13.2 Å². The van der Waals surface area contributed by atoms with E-state index in [1.165, 1.54) is 16.2 Å². The van der Waals surface area contributed by atoms with Crippen molar-refractivity contribution in [3.05, 3.63) is 72.3 Å². The molecule has 0 saturated carbocycles. The highest BCUT2D eigenvalue weighted by Crippen LogP contribution is 2.31. The highest BCUT2D eigenvalue weighted by atomic mass is 32.2. The van der Waals surface area contributed by atoms with Gasteiger partial charge in [-0.25, -0.2) is 17.4 Å².